The van der Waals surface area contributed by atoms with Crippen molar-refractivity contribution in [3.8, 4) is 0 Å². The van der Waals surface area contributed by atoms with Gasteiger partial charge >= 0.3 is 12.1 Å². The molecule has 37 heavy (non-hydrogen) atoms. The third-order valence-electron chi connectivity index (χ3n) is 6.49. The van der Waals surface area contributed by atoms with Gasteiger partial charge in [0.15, 0.2) is 6.10 Å². The summed E-state index contributed by atoms with van der Waals surface area (Å²) in [5.74, 6) is -1.05. The van der Waals surface area contributed by atoms with Crippen LogP contribution in [0, 0.1) is 5.82 Å². The first kappa shape index (κ1) is 26.4. The second kappa shape index (κ2) is 11.6. The molecule has 0 saturated carbocycles. The zero-order valence-corrected chi connectivity index (χ0v) is 20.5. The van der Waals surface area contributed by atoms with Crippen molar-refractivity contribution in [2.75, 3.05) is 0 Å². The maximum absolute atomic E-state index is 14.8. The average Bonchev–Trinajstić information content (AvgIpc) is 2.91. The lowest BCUT2D eigenvalue weighted by Gasteiger charge is -2.22. The minimum Gasteiger partial charge on any atom is -0.449 e. The van der Waals surface area contributed by atoms with E-state index in [1.54, 1.807) is 54.6 Å². The van der Waals surface area contributed by atoms with Crippen LogP contribution in [0.1, 0.15) is 66.0 Å². The van der Waals surface area contributed by atoms with Crippen LogP contribution in [-0.4, -0.2) is 5.97 Å². The number of aryl methyl sites for hydroxylation is 1. The Bertz CT molecular complexity index is 1270. The Morgan fingerprint density at radius 3 is 2.30 bits per heavy atom. The monoisotopic (exact) mass is 508 g/mol. The number of esters is 1. The van der Waals surface area contributed by atoms with E-state index in [0.29, 0.717) is 28.7 Å². The summed E-state index contributed by atoms with van der Waals surface area (Å²) in [6.07, 6.45) is 3.11. The van der Waals surface area contributed by atoms with Crippen molar-refractivity contribution in [3.05, 3.63) is 130 Å². The molecule has 0 amide bonds. The molecule has 1 aliphatic carbocycles. The van der Waals surface area contributed by atoms with E-state index in [0.717, 1.165) is 37.0 Å². The summed E-state index contributed by atoms with van der Waals surface area (Å²) in [5, 5.41) is 0. The molecular formula is C31H28F4O2. The van der Waals surface area contributed by atoms with E-state index < -0.39 is 23.8 Å². The van der Waals surface area contributed by atoms with Gasteiger partial charge in [0.25, 0.3) is 0 Å². The minimum atomic E-state index is -4.46. The molecule has 0 saturated heterocycles. The summed E-state index contributed by atoms with van der Waals surface area (Å²) >= 11 is 0. The normalized spacial score (nSPS) is 16.2. The van der Waals surface area contributed by atoms with Gasteiger partial charge in [0.2, 0.25) is 0 Å². The first-order valence-electron chi connectivity index (χ1n) is 12.4. The molecule has 1 aliphatic rings. The molecule has 4 rings (SSSR count). The van der Waals surface area contributed by atoms with Crippen molar-refractivity contribution in [3.63, 3.8) is 0 Å². The minimum absolute atomic E-state index is 0.198. The summed E-state index contributed by atoms with van der Waals surface area (Å²) in [4.78, 5) is 13.0. The Morgan fingerprint density at radius 2 is 1.70 bits per heavy atom. The summed E-state index contributed by atoms with van der Waals surface area (Å²) in [5.41, 5.74) is 2.16. The highest BCUT2D eigenvalue weighted by Crippen LogP contribution is 2.34. The molecule has 0 fully saturated rings. The maximum atomic E-state index is 14.8. The number of benzene rings is 3. The SMILES string of the molecule is CCCCc1ccc(C2C=CC(C(=O)O[C@@H](c3ccccc3)c3ccc(C(F)(F)F)cc3)=CC2)c(F)c1. The Labute approximate surface area is 214 Å². The van der Waals surface area contributed by atoms with Crippen molar-refractivity contribution >= 4 is 5.97 Å². The van der Waals surface area contributed by atoms with Gasteiger partial charge in [-0.15, -0.1) is 0 Å². The van der Waals surface area contributed by atoms with Crippen molar-refractivity contribution in [1.29, 1.82) is 0 Å². The predicted molar refractivity (Wildman–Crippen MR) is 135 cm³/mol. The molecular weight excluding hydrogens is 480 g/mol. The number of halogens is 4. The van der Waals surface area contributed by atoms with Gasteiger partial charge in [0.1, 0.15) is 5.82 Å². The lowest BCUT2D eigenvalue weighted by Crippen LogP contribution is -2.16. The number of hydrogen-bond donors (Lipinski definition) is 0. The fourth-order valence-corrected chi connectivity index (χ4v) is 4.39. The summed E-state index contributed by atoms with van der Waals surface area (Å²) < 4.78 is 59.6. The maximum Gasteiger partial charge on any atom is 0.416 e. The Morgan fingerprint density at radius 1 is 1.00 bits per heavy atom. The van der Waals surface area contributed by atoms with E-state index in [9.17, 15) is 22.4 Å². The molecule has 1 unspecified atom stereocenters. The fraction of sp³-hybridized carbons (Fsp3) is 0.258. The van der Waals surface area contributed by atoms with E-state index in [1.165, 1.54) is 12.1 Å². The van der Waals surface area contributed by atoms with Crippen LogP contribution in [0.2, 0.25) is 0 Å². The second-order valence-electron chi connectivity index (χ2n) is 9.14. The molecule has 192 valence electrons. The van der Waals surface area contributed by atoms with Crippen molar-refractivity contribution in [1.82, 2.24) is 0 Å². The number of ether oxygens (including phenoxy) is 1. The third-order valence-corrected chi connectivity index (χ3v) is 6.49. The molecule has 0 bridgehead atoms. The molecule has 3 aromatic carbocycles. The Hall–Kier alpha value is -3.67. The molecule has 0 spiro atoms. The number of hydrogen-bond acceptors (Lipinski definition) is 2. The quantitative estimate of drug-likeness (QED) is 0.225. The highest BCUT2D eigenvalue weighted by atomic mass is 19.4. The van der Waals surface area contributed by atoms with Crippen LogP contribution in [-0.2, 0) is 22.1 Å². The van der Waals surface area contributed by atoms with Gasteiger partial charge in [-0.05, 0) is 59.7 Å². The van der Waals surface area contributed by atoms with Crippen molar-refractivity contribution in [2.45, 2.75) is 50.8 Å². The average molecular weight is 509 g/mol. The Balaban J connectivity index is 1.49. The third kappa shape index (κ3) is 6.56. The van der Waals surface area contributed by atoms with E-state index in [2.05, 4.69) is 6.92 Å². The molecule has 0 aliphatic heterocycles. The van der Waals surface area contributed by atoms with E-state index >= 15 is 0 Å². The lowest BCUT2D eigenvalue weighted by atomic mass is 9.89. The number of alkyl halides is 3. The van der Waals surface area contributed by atoms with Gasteiger partial charge < -0.3 is 4.74 Å². The topological polar surface area (TPSA) is 26.3 Å². The van der Waals surface area contributed by atoms with Crippen LogP contribution in [0.3, 0.4) is 0 Å². The predicted octanol–water partition coefficient (Wildman–Crippen LogP) is 8.49. The summed E-state index contributed by atoms with van der Waals surface area (Å²) in [6, 6.07) is 18.8. The van der Waals surface area contributed by atoms with Gasteiger partial charge in [-0.25, -0.2) is 9.18 Å². The zero-order chi connectivity index (χ0) is 26.4. The molecule has 0 heterocycles. The van der Waals surface area contributed by atoms with Crippen LogP contribution < -0.4 is 0 Å². The Kier molecular flexibility index (Phi) is 8.27. The molecule has 3 aromatic rings. The fourth-order valence-electron chi connectivity index (χ4n) is 4.39. The number of carbonyl (C=O) groups excluding carboxylic acids is 1. The first-order chi connectivity index (χ1) is 17.8. The number of carbonyl (C=O) groups is 1. The van der Waals surface area contributed by atoms with Crippen LogP contribution in [0.25, 0.3) is 0 Å². The van der Waals surface area contributed by atoms with Gasteiger partial charge in [-0.3, -0.25) is 0 Å². The van der Waals surface area contributed by atoms with Gasteiger partial charge in [-0.1, -0.05) is 86.2 Å². The number of rotatable bonds is 8. The molecule has 0 radical (unpaired) electrons. The molecule has 0 N–H and O–H groups in total. The van der Waals surface area contributed by atoms with Gasteiger partial charge in [0, 0.05) is 5.92 Å². The largest absolute Gasteiger partial charge is 0.449 e. The molecule has 0 aromatic heterocycles. The van der Waals surface area contributed by atoms with Gasteiger partial charge in [0.05, 0.1) is 11.1 Å². The highest BCUT2D eigenvalue weighted by Gasteiger charge is 2.31. The van der Waals surface area contributed by atoms with Crippen LogP contribution in [0.5, 0.6) is 0 Å². The van der Waals surface area contributed by atoms with E-state index in [4.69, 9.17) is 4.74 Å². The van der Waals surface area contributed by atoms with Crippen LogP contribution >= 0.6 is 0 Å². The van der Waals surface area contributed by atoms with E-state index in [-0.39, 0.29) is 11.7 Å². The van der Waals surface area contributed by atoms with E-state index in [1.807, 2.05) is 12.1 Å². The van der Waals surface area contributed by atoms with Crippen molar-refractivity contribution in [2.24, 2.45) is 0 Å². The highest BCUT2D eigenvalue weighted by molar-refractivity contribution is 5.92. The molecule has 2 atom stereocenters. The van der Waals surface area contributed by atoms with Gasteiger partial charge in [-0.2, -0.15) is 13.2 Å². The lowest BCUT2D eigenvalue weighted by molar-refractivity contribution is -0.142. The summed E-state index contributed by atoms with van der Waals surface area (Å²) in [6.45, 7) is 2.10. The first-order valence-corrected chi connectivity index (χ1v) is 12.4. The number of allylic oxidation sites excluding steroid dienone is 2. The number of unbranched alkanes of at least 4 members (excludes halogenated alkanes) is 1. The standard InChI is InChI=1S/C31H28F4O2/c1-2-3-7-21-10-19-27(28(32)20-21)22-11-13-25(14-12-22)30(36)37-29(23-8-5-4-6-9-23)24-15-17-26(18-16-24)31(33,34)35/h4-6,8-11,13-20,22,29H,2-3,7,12H2,1H3/t22?,29-/m0/s1. The smallest absolute Gasteiger partial charge is 0.416 e. The van der Waals surface area contributed by atoms with Crippen LogP contribution in [0.4, 0.5) is 17.6 Å². The summed E-state index contributed by atoms with van der Waals surface area (Å²) in [7, 11) is 0. The molecule has 2 nitrogen and oxygen atoms in total. The van der Waals surface area contributed by atoms with Crippen molar-refractivity contribution < 1.29 is 27.1 Å². The van der Waals surface area contributed by atoms with Crippen LogP contribution in [0.15, 0.2) is 96.6 Å². The molecule has 6 heteroatoms. The zero-order valence-electron chi connectivity index (χ0n) is 20.5. The second-order valence-corrected chi connectivity index (χ2v) is 9.14.